The normalized spacial score (nSPS) is 40.5. The number of nitrogens with zero attached hydrogens (tertiary/aromatic N) is 1. The summed E-state index contributed by atoms with van der Waals surface area (Å²) in [6.45, 7) is -1.16. The SMILES string of the molecule is O=c1[nH]c(=O)n([C@@H]2O[C@H](COP3(=O)OP(=O)(O)OP(=O)(O)O3)C(O)C2O)cc1C(F)(F)F. The van der Waals surface area contributed by atoms with Crippen molar-refractivity contribution >= 4 is 23.5 Å². The van der Waals surface area contributed by atoms with Crippen molar-refractivity contribution in [2.45, 2.75) is 30.7 Å². The second-order valence-corrected chi connectivity index (χ2v) is 11.2. The van der Waals surface area contributed by atoms with Crippen LogP contribution in [-0.2, 0) is 42.1 Å². The lowest BCUT2D eigenvalue weighted by molar-refractivity contribution is -0.140. The molecule has 3 rings (SSSR count). The Hall–Kier alpha value is -1.20. The van der Waals surface area contributed by atoms with E-state index in [-0.39, 0.29) is 10.8 Å². The van der Waals surface area contributed by atoms with E-state index >= 15 is 0 Å². The molecule has 1 aromatic rings. The standard InChI is InChI=1S/C10H12F3N2O14P3/c11-10(12,13)3-1-15(9(19)14-7(3)18)8-6(17)5(16)4(26-8)2-25-32(24)28-30(20,21)27-31(22,23)29-32/h1,4-6,8,16-17H,2H2,(H,20,21)(H,22,23)(H,14,18,19)/t4-,5?,6?,8-/m1/s1. The van der Waals surface area contributed by atoms with Gasteiger partial charge in [-0.3, -0.25) is 18.9 Å². The van der Waals surface area contributed by atoms with E-state index in [9.17, 15) is 46.7 Å². The fourth-order valence-electron chi connectivity index (χ4n) is 2.61. The molecule has 1 aromatic heterocycles. The van der Waals surface area contributed by atoms with Gasteiger partial charge in [-0.15, -0.1) is 0 Å². The molecule has 2 saturated heterocycles. The first-order chi connectivity index (χ1) is 14.4. The second-order valence-electron chi connectivity index (χ2n) is 6.18. The van der Waals surface area contributed by atoms with Gasteiger partial charge in [-0.1, -0.05) is 0 Å². The van der Waals surface area contributed by atoms with Crippen LogP contribution in [0.3, 0.4) is 0 Å². The minimum atomic E-state index is -5.38. The lowest BCUT2D eigenvalue weighted by Crippen LogP contribution is -2.40. The van der Waals surface area contributed by atoms with Crippen LogP contribution in [0.2, 0.25) is 0 Å². The molecule has 0 aliphatic carbocycles. The Morgan fingerprint density at radius 3 is 2.16 bits per heavy atom. The van der Waals surface area contributed by atoms with E-state index in [2.05, 4.69) is 17.5 Å². The highest BCUT2D eigenvalue weighted by molar-refractivity contribution is 7.74. The molecule has 6 atom stereocenters. The highest BCUT2D eigenvalue weighted by Gasteiger charge is 2.55. The Kier molecular flexibility index (Phi) is 6.54. The van der Waals surface area contributed by atoms with E-state index in [1.807, 2.05) is 0 Å². The molecule has 0 radical (unpaired) electrons. The maximum Gasteiger partial charge on any atom is 0.492 e. The molecule has 4 unspecified atom stereocenters. The largest absolute Gasteiger partial charge is 0.492 e. The first kappa shape index (κ1) is 25.4. The monoisotopic (exact) mass is 534 g/mol. The summed E-state index contributed by atoms with van der Waals surface area (Å²) >= 11 is 0. The van der Waals surface area contributed by atoms with Crippen LogP contribution >= 0.6 is 23.5 Å². The molecule has 2 aliphatic heterocycles. The summed E-state index contributed by atoms with van der Waals surface area (Å²) in [5.74, 6) is 0. The van der Waals surface area contributed by atoms with E-state index in [1.165, 1.54) is 4.98 Å². The van der Waals surface area contributed by atoms with Crippen molar-refractivity contribution in [2.24, 2.45) is 0 Å². The van der Waals surface area contributed by atoms with Crippen molar-refractivity contribution in [1.29, 1.82) is 0 Å². The number of alkyl halides is 3. The number of phosphoric acid groups is 3. The number of halogens is 3. The number of aromatic nitrogens is 2. The number of ether oxygens (including phenoxy) is 1. The van der Waals surface area contributed by atoms with Crippen LogP contribution in [0.25, 0.3) is 0 Å². The molecule has 2 fully saturated rings. The molecule has 5 N–H and O–H groups in total. The molecule has 22 heteroatoms. The summed E-state index contributed by atoms with van der Waals surface area (Å²) in [6.07, 6.45) is -13.1. The number of hydrogen-bond acceptors (Lipinski definition) is 12. The Balaban J connectivity index is 1.82. The molecule has 2 aliphatic rings. The van der Waals surface area contributed by atoms with Crippen LogP contribution in [0.15, 0.2) is 15.8 Å². The van der Waals surface area contributed by atoms with Gasteiger partial charge in [0.2, 0.25) is 0 Å². The Labute approximate surface area is 172 Å². The summed E-state index contributed by atoms with van der Waals surface area (Å²) in [5, 5.41) is 20.1. The smallest absolute Gasteiger partial charge is 0.387 e. The van der Waals surface area contributed by atoms with Crippen LogP contribution < -0.4 is 11.2 Å². The molecule has 0 saturated carbocycles. The van der Waals surface area contributed by atoms with E-state index in [4.69, 9.17) is 14.5 Å². The van der Waals surface area contributed by atoms with Crippen molar-refractivity contribution < 1.29 is 69.1 Å². The molecule has 182 valence electrons. The zero-order valence-electron chi connectivity index (χ0n) is 14.9. The Bertz CT molecular complexity index is 1140. The van der Waals surface area contributed by atoms with Gasteiger partial charge in [0, 0.05) is 6.20 Å². The Morgan fingerprint density at radius 2 is 1.62 bits per heavy atom. The quantitative estimate of drug-likeness (QED) is 0.308. The van der Waals surface area contributed by atoms with Gasteiger partial charge in [-0.25, -0.2) is 18.5 Å². The summed E-state index contributed by atoms with van der Waals surface area (Å²) in [4.78, 5) is 42.9. The minimum Gasteiger partial charge on any atom is -0.387 e. The summed E-state index contributed by atoms with van der Waals surface area (Å²) in [6, 6.07) is 0. The predicted octanol–water partition coefficient (Wildman–Crippen LogP) is -0.437. The molecule has 3 heterocycles. The summed E-state index contributed by atoms with van der Waals surface area (Å²) < 4.78 is 94.9. The molecule has 32 heavy (non-hydrogen) atoms. The third-order valence-corrected chi connectivity index (χ3v) is 9.26. The lowest BCUT2D eigenvalue weighted by Gasteiger charge is -2.27. The van der Waals surface area contributed by atoms with Crippen molar-refractivity contribution in [3.8, 4) is 0 Å². The fourth-order valence-corrected chi connectivity index (χ4v) is 7.55. The van der Waals surface area contributed by atoms with E-state index < -0.39 is 77.6 Å². The molecule has 0 spiro atoms. The van der Waals surface area contributed by atoms with Crippen LogP contribution in [0, 0.1) is 0 Å². The lowest BCUT2D eigenvalue weighted by atomic mass is 10.1. The minimum absolute atomic E-state index is 0.0296. The third-order valence-electron chi connectivity index (χ3n) is 3.89. The number of aliphatic hydroxyl groups excluding tert-OH is 2. The fraction of sp³-hybridized carbons (Fsp3) is 0.600. The van der Waals surface area contributed by atoms with Crippen LogP contribution in [-0.4, -0.2) is 54.5 Å². The molecular weight excluding hydrogens is 522 g/mol. The average Bonchev–Trinajstić information content (AvgIpc) is 2.84. The van der Waals surface area contributed by atoms with Gasteiger partial charge in [0.15, 0.2) is 6.23 Å². The first-order valence-corrected chi connectivity index (χ1v) is 12.4. The van der Waals surface area contributed by atoms with E-state index in [1.54, 1.807) is 0 Å². The zero-order chi connectivity index (χ0) is 24.3. The van der Waals surface area contributed by atoms with Gasteiger partial charge in [-0.2, -0.15) is 26.1 Å². The third kappa shape index (κ3) is 5.30. The number of nitrogens with one attached hydrogen (secondary N) is 1. The van der Waals surface area contributed by atoms with Gasteiger partial charge >= 0.3 is 35.3 Å². The van der Waals surface area contributed by atoms with Crippen molar-refractivity contribution in [2.75, 3.05) is 6.61 Å². The van der Waals surface area contributed by atoms with Crippen LogP contribution in [0.1, 0.15) is 11.8 Å². The second kappa shape index (κ2) is 8.23. The number of rotatable bonds is 4. The summed E-state index contributed by atoms with van der Waals surface area (Å²) in [7, 11) is -16.0. The number of aliphatic hydroxyl groups is 2. The van der Waals surface area contributed by atoms with Crippen molar-refractivity contribution in [3.05, 3.63) is 32.6 Å². The molecule has 16 nitrogen and oxygen atoms in total. The highest BCUT2D eigenvalue weighted by Crippen LogP contribution is 2.80. The van der Waals surface area contributed by atoms with E-state index in [0.29, 0.717) is 0 Å². The van der Waals surface area contributed by atoms with Gasteiger partial charge in [-0.05, 0) is 0 Å². The molecule has 0 bridgehead atoms. The van der Waals surface area contributed by atoms with Crippen LogP contribution in [0.4, 0.5) is 13.2 Å². The van der Waals surface area contributed by atoms with E-state index in [0.717, 1.165) is 0 Å². The molecule has 0 amide bonds. The molecular formula is C10H12F3N2O14P3. The number of hydrogen-bond donors (Lipinski definition) is 5. The van der Waals surface area contributed by atoms with Gasteiger partial charge in [0.1, 0.15) is 23.9 Å². The predicted molar refractivity (Wildman–Crippen MR) is 88.7 cm³/mol. The summed E-state index contributed by atoms with van der Waals surface area (Å²) in [5.41, 5.74) is -5.06. The van der Waals surface area contributed by atoms with Gasteiger partial charge in [0.25, 0.3) is 5.56 Å². The van der Waals surface area contributed by atoms with Crippen LogP contribution in [0.5, 0.6) is 0 Å². The maximum absolute atomic E-state index is 12.9. The van der Waals surface area contributed by atoms with Crippen molar-refractivity contribution in [1.82, 2.24) is 9.55 Å². The van der Waals surface area contributed by atoms with Gasteiger partial charge in [0.05, 0.1) is 6.61 Å². The Morgan fingerprint density at radius 1 is 1.06 bits per heavy atom. The van der Waals surface area contributed by atoms with Gasteiger partial charge < -0.3 is 24.7 Å². The molecule has 0 aromatic carbocycles. The van der Waals surface area contributed by atoms with Crippen molar-refractivity contribution in [3.63, 3.8) is 0 Å². The first-order valence-electron chi connectivity index (χ1n) is 7.91. The zero-order valence-corrected chi connectivity index (χ0v) is 17.6. The number of H-pyrrole nitrogens is 1. The number of aromatic amines is 1. The average molecular weight is 534 g/mol. The highest BCUT2D eigenvalue weighted by atomic mass is 31.3. The topological polar surface area (TPSA) is 233 Å². The maximum atomic E-state index is 12.9.